The number of nitrogens with two attached hydrogens (primary N) is 1. The van der Waals surface area contributed by atoms with Crippen molar-refractivity contribution in [1.82, 2.24) is 4.57 Å². The molecule has 0 unspecified atom stereocenters. The summed E-state index contributed by atoms with van der Waals surface area (Å²) in [6, 6.07) is 48.0. The van der Waals surface area contributed by atoms with Crippen LogP contribution < -0.4 is 5.73 Å². The lowest BCUT2D eigenvalue weighted by Gasteiger charge is -2.12. The van der Waals surface area contributed by atoms with Crippen LogP contribution in [0.5, 0.6) is 0 Å². The number of para-hydroxylation sites is 1. The summed E-state index contributed by atoms with van der Waals surface area (Å²) in [7, 11) is 0. The molecule has 1 aliphatic heterocycles. The molecule has 0 aliphatic carbocycles. The molecule has 0 bridgehead atoms. The Labute approximate surface area is 265 Å². The number of amidine groups is 2. The minimum atomic E-state index is 0.141. The van der Waals surface area contributed by atoms with Crippen LogP contribution in [-0.2, 0) is 0 Å². The third-order valence-electron chi connectivity index (χ3n) is 8.26. The number of hydrogen-bond acceptors (Lipinski definition) is 2. The fraction of sp³-hybridized carbons (Fsp3) is 0. The topological polar surface area (TPSA) is 67.2 Å². The molecule has 1 aliphatic rings. The highest BCUT2D eigenvalue weighted by Gasteiger charge is 2.17. The molecule has 0 radical (unpaired) electrons. The van der Waals surface area contributed by atoms with Gasteiger partial charge < -0.3 is 10.3 Å². The van der Waals surface area contributed by atoms with Gasteiger partial charge in [0.25, 0.3) is 0 Å². The first-order chi connectivity index (χ1) is 22.1. The second kappa shape index (κ2) is 11.1. The van der Waals surface area contributed by atoms with Crippen LogP contribution in [0.25, 0.3) is 50.8 Å². The third kappa shape index (κ3) is 4.93. The summed E-state index contributed by atoms with van der Waals surface area (Å²) in [4.78, 5) is 6.93. The third-order valence-corrected chi connectivity index (χ3v) is 9.43. The molecule has 0 saturated heterocycles. The van der Waals surface area contributed by atoms with Crippen LogP contribution in [0.3, 0.4) is 0 Å². The average Bonchev–Trinajstić information content (AvgIpc) is 3.29. The largest absolute Gasteiger partial charge is 0.383 e. The molecule has 0 spiro atoms. The van der Waals surface area contributed by atoms with Crippen LogP contribution >= 0.6 is 11.8 Å². The molecular weight excluding hydrogens is 569 g/mol. The molecule has 45 heavy (non-hydrogen) atoms. The lowest BCUT2D eigenvalue weighted by atomic mass is 10.0. The van der Waals surface area contributed by atoms with Crippen molar-refractivity contribution >= 4 is 57.4 Å². The maximum absolute atomic E-state index is 8.40. The Morgan fingerprint density at radius 2 is 1.29 bits per heavy atom. The standard InChI is InChI=1S/C40H28N4S/c41-39(27-11-2-1-3-12-27)43-40(42)31-15-8-13-28(22-31)29-14-9-16-32(23-29)44-35-18-6-5-17-33(35)34-25-38-30(24-36(34)44)21-20-26-10-4-7-19-37(26)45-38/h1-25H,(H3,41,42,43). The molecule has 6 aromatic carbocycles. The Morgan fingerprint density at radius 1 is 0.578 bits per heavy atom. The predicted molar refractivity (Wildman–Crippen MR) is 190 cm³/mol. The second-order valence-electron chi connectivity index (χ2n) is 11.1. The normalized spacial score (nSPS) is 12.6. The maximum Gasteiger partial charge on any atom is 0.154 e. The van der Waals surface area contributed by atoms with E-state index in [1.807, 2.05) is 60.3 Å². The highest BCUT2D eigenvalue weighted by Crippen LogP contribution is 2.42. The van der Waals surface area contributed by atoms with E-state index >= 15 is 0 Å². The van der Waals surface area contributed by atoms with Gasteiger partial charge in [0, 0.05) is 37.4 Å². The van der Waals surface area contributed by atoms with Crippen molar-refractivity contribution in [3.63, 3.8) is 0 Å². The van der Waals surface area contributed by atoms with Crippen molar-refractivity contribution in [3.8, 4) is 16.8 Å². The monoisotopic (exact) mass is 596 g/mol. The molecule has 3 N–H and O–H groups in total. The van der Waals surface area contributed by atoms with Gasteiger partial charge in [-0.15, -0.1) is 0 Å². The number of nitrogens with one attached hydrogen (secondary N) is 1. The molecular formula is C40H28N4S. The molecule has 4 nitrogen and oxygen atoms in total. The van der Waals surface area contributed by atoms with Crippen molar-refractivity contribution in [2.45, 2.75) is 9.79 Å². The van der Waals surface area contributed by atoms with Gasteiger partial charge in [0.2, 0.25) is 0 Å². The van der Waals surface area contributed by atoms with Crippen LogP contribution in [0, 0.1) is 5.41 Å². The Kier molecular flexibility index (Phi) is 6.66. The van der Waals surface area contributed by atoms with Crippen molar-refractivity contribution in [1.29, 1.82) is 5.41 Å². The highest BCUT2D eigenvalue weighted by molar-refractivity contribution is 7.99. The van der Waals surface area contributed by atoms with Crippen LogP contribution in [0.4, 0.5) is 0 Å². The summed E-state index contributed by atoms with van der Waals surface area (Å²) in [5.74, 6) is 0.458. The summed E-state index contributed by atoms with van der Waals surface area (Å²) >= 11 is 1.83. The van der Waals surface area contributed by atoms with E-state index in [9.17, 15) is 0 Å². The van der Waals surface area contributed by atoms with Crippen LogP contribution in [0.1, 0.15) is 22.3 Å². The molecule has 214 valence electrons. The Morgan fingerprint density at radius 3 is 2.18 bits per heavy atom. The molecule has 0 atom stereocenters. The lowest BCUT2D eigenvalue weighted by Crippen LogP contribution is -2.16. The smallest absolute Gasteiger partial charge is 0.154 e. The van der Waals surface area contributed by atoms with Crippen molar-refractivity contribution in [2.75, 3.05) is 0 Å². The van der Waals surface area contributed by atoms with E-state index < -0.39 is 0 Å². The van der Waals surface area contributed by atoms with Gasteiger partial charge in [-0.1, -0.05) is 121 Å². The lowest BCUT2D eigenvalue weighted by molar-refractivity contribution is 1.18. The number of fused-ring (bicyclic) bond motifs is 5. The van der Waals surface area contributed by atoms with Gasteiger partial charge >= 0.3 is 0 Å². The van der Waals surface area contributed by atoms with Crippen molar-refractivity contribution in [2.24, 2.45) is 10.7 Å². The van der Waals surface area contributed by atoms with Gasteiger partial charge in [0.05, 0.1) is 11.0 Å². The van der Waals surface area contributed by atoms with E-state index in [4.69, 9.17) is 11.1 Å². The zero-order valence-electron chi connectivity index (χ0n) is 24.3. The van der Waals surface area contributed by atoms with Crippen molar-refractivity contribution in [3.05, 3.63) is 162 Å². The Hall–Kier alpha value is -5.65. The van der Waals surface area contributed by atoms with E-state index in [-0.39, 0.29) is 5.84 Å². The first kappa shape index (κ1) is 26.9. The first-order valence-corrected chi connectivity index (χ1v) is 15.7. The van der Waals surface area contributed by atoms with Crippen molar-refractivity contribution < 1.29 is 0 Å². The van der Waals surface area contributed by atoms with Gasteiger partial charge in [0.15, 0.2) is 5.84 Å². The molecule has 1 aromatic heterocycles. The van der Waals surface area contributed by atoms with Gasteiger partial charge in [-0.2, -0.15) is 0 Å². The summed E-state index contributed by atoms with van der Waals surface area (Å²) in [6.45, 7) is 0. The van der Waals surface area contributed by atoms with Crippen LogP contribution in [0.15, 0.2) is 154 Å². The molecule has 0 amide bonds. The average molecular weight is 597 g/mol. The summed E-state index contributed by atoms with van der Waals surface area (Å²) < 4.78 is 2.37. The fourth-order valence-corrected chi connectivity index (χ4v) is 7.10. The van der Waals surface area contributed by atoms with Gasteiger partial charge in [-0.25, -0.2) is 4.99 Å². The summed E-state index contributed by atoms with van der Waals surface area (Å²) in [5, 5.41) is 10.9. The zero-order chi connectivity index (χ0) is 30.3. The van der Waals surface area contributed by atoms with Crippen LogP contribution in [0.2, 0.25) is 0 Å². The van der Waals surface area contributed by atoms with Gasteiger partial charge in [-0.3, -0.25) is 5.41 Å². The minimum Gasteiger partial charge on any atom is -0.383 e. The predicted octanol–water partition coefficient (Wildman–Crippen LogP) is 9.82. The summed E-state index contributed by atoms with van der Waals surface area (Å²) in [6.07, 6.45) is 4.46. The zero-order valence-corrected chi connectivity index (χ0v) is 25.1. The number of hydrogen-bond donors (Lipinski definition) is 2. The number of nitrogens with zero attached hydrogens (tertiary/aromatic N) is 2. The van der Waals surface area contributed by atoms with Gasteiger partial charge in [0.1, 0.15) is 5.84 Å². The molecule has 5 heteroatoms. The maximum atomic E-state index is 8.40. The summed E-state index contributed by atoms with van der Waals surface area (Å²) in [5.41, 5.74) is 15.9. The number of aromatic nitrogens is 1. The number of benzene rings is 6. The van der Waals surface area contributed by atoms with E-state index in [0.29, 0.717) is 5.84 Å². The number of aliphatic imine (C=N–C) groups is 1. The Balaban J connectivity index is 1.22. The van der Waals surface area contributed by atoms with E-state index in [2.05, 4.69) is 113 Å². The second-order valence-corrected chi connectivity index (χ2v) is 12.2. The van der Waals surface area contributed by atoms with E-state index in [0.717, 1.165) is 27.9 Å². The van der Waals surface area contributed by atoms with E-state index in [1.165, 1.54) is 42.7 Å². The fourth-order valence-electron chi connectivity index (χ4n) is 6.05. The molecule has 2 heterocycles. The SMILES string of the molecule is N=C(N=C(N)c1cccc(-c2cccc(-n3c4ccccc4c4cc5c(cc43)C=Cc3ccccc3S5)c2)c1)c1ccccc1. The number of rotatable bonds is 4. The quantitative estimate of drug-likeness (QED) is 0.157. The van der Waals surface area contributed by atoms with E-state index in [1.54, 1.807) is 0 Å². The molecule has 0 fully saturated rings. The molecule has 0 saturated carbocycles. The highest BCUT2D eigenvalue weighted by atomic mass is 32.2. The minimum absolute atomic E-state index is 0.141. The molecule has 8 rings (SSSR count). The first-order valence-electron chi connectivity index (χ1n) is 14.8. The van der Waals surface area contributed by atoms with Crippen LogP contribution in [-0.4, -0.2) is 16.2 Å². The Bertz CT molecular complexity index is 2330. The molecule has 7 aromatic rings. The van der Waals surface area contributed by atoms with Gasteiger partial charge in [-0.05, 0) is 64.7 Å².